The van der Waals surface area contributed by atoms with Gasteiger partial charge in [-0.25, -0.2) is 13.4 Å². The molecule has 2 heterocycles. The van der Waals surface area contributed by atoms with E-state index in [0.29, 0.717) is 47.8 Å². The highest BCUT2D eigenvalue weighted by Crippen LogP contribution is 2.25. The first kappa shape index (κ1) is 22.6. The SMILES string of the molecule is CC(c1nc2ccc(Br)cc2c(=O)n1C)N1CCN(S(=O)(=O)c2ccc(Br)cc2)CC1. The normalized spacial score (nSPS) is 17.2. The first-order valence-electron chi connectivity index (χ1n) is 9.84. The van der Waals surface area contributed by atoms with Crippen LogP contribution in [0.4, 0.5) is 0 Å². The van der Waals surface area contributed by atoms with Gasteiger partial charge >= 0.3 is 0 Å². The molecule has 3 aromatic rings. The summed E-state index contributed by atoms with van der Waals surface area (Å²) in [6.07, 6.45) is 0. The Morgan fingerprint density at radius 1 is 0.968 bits per heavy atom. The van der Waals surface area contributed by atoms with E-state index in [4.69, 9.17) is 4.98 Å². The number of piperazine rings is 1. The Balaban J connectivity index is 1.54. The number of rotatable bonds is 4. The smallest absolute Gasteiger partial charge is 0.261 e. The zero-order valence-electron chi connectivity index (χ0n) is 17.1. The number of halogens is 2. The Morgan fingerprint density at radius 2 is 1.58 bits per heavy atom. The lowest BCUT2D eigenvalue weighted by Gasteiger charge is -2.37. The Bertz CT molecular complexity index is 1280. The van der Waals surface area contributed by atoms with Crippen LogP contribution >= 0.6 is 31.9 Å². The molecule has 0 radical (unpaired) electrons. The summed E-state index contributed by atoms with van der Waals surface area (Å²) in [5.74, 6) is 0.670. The molecule has 1 saturated heterocycles. The standard InChI is InChI=1S/C21H22Br2N4O3S/c1-14(20-24-19-8-5-16(23)13-18(19)21(28)25(20)2)26-9-11-27(12-10-26)31(29,30)17-6-3-15(22)4-7-17/h3-8,13-14H,9-12H2,1-2H3. The van der Waals surface area contributed by atoms with E-state index in [1.54, 1.807) is 41.9 Å². The van der Waals surface area contributed by atoms with Crippen molar-refractivity contribution >= 4 is 52.8 Å². The number of benzene rings is 2. The topological polar surface area (TPSA) is 75.5 Å². The molecule has 0 N–H and O–H groups in total. The molecule has 0 bridgehead atoms. The van der Waals surface area contributed by atoms with Crippen LogP contribution in [0.2, 0.25) is 0 Å². The first-order valence-corrected chi connectivity index (χ1v) is 12.9. The third-order valence-corrected chi connectivity index (χ3v) is 8.65. The van der Waals surface area contributed by atoms with Crippen molar-refractivity contribution in [3.8, 4) is 0 Å². The molecular formula is C21H22Br2N4O3S. The molecule has 0 saturated carbocycles. The highest BCUT2D eigenvalue weighted by atomic mass is 79.9. The summed E-state index contributed by atoms with van der Waals surface area (Å²) in [7, 11) is -1.80. The lowest BCUT2D eigenvalue weighted by atomic mass is 10.2. The molecule has 1 aromatic heterocycles. The maximum atomic E-state index is 12.9. The molecule has 31 heavy (non-hydrogen) atoms. The van der Waals surface area contributed by atoms with Crippen molar-refractivity contribution in [2.24, 2.45) is 7.05 Å². The minimum atomic E-state index is -3.53. The van der Waals surface area contributed by atoms with Crippen molar-refractivity contribution in [1.29, 1.82) is 0 Å². The Labute approximate surface area is 198 Å². The molecule has 0 aliphatic carbocycles. The number of nitrogens with zero attached hydrogens (tertiary/aromatic N) is 4. The van der Waals surface area contributed by atoms with E-state index in [-0.39, 0.29) is 11.6 Å². The summed E-state index contributed by atoms with van der Waals surface area (Å²) in [6, 6.07) is 12.1. The molecular weight excluding hydrogens is 548 g/mol. The van der Waals surface area contributed by atoms with Crippen molar-refractivity contribution in [2.45, 2.75) is 17.9 Å². The Kier molecular flexibility index (Phi) is 6.37. The molecule has 4 rings (SSSR count). The zero-order valence-corrected chi connectivity index (χ0v) is 21.1. The van der Waals surface area contributed by atoms with Gasteiger partial charge in [-0.1, -0.05) is 31.9 Å². The van der Waals surface area contributed by atoms with Crippen LogP contribution in [-0.2, 0) is 17.1 Å². The molecule has 164 valence electrons. The predicted molar refractivity (Wildman–Crippen MR) is 128 cm³/mol. The minimum absolute atomic E-state index is 0.0930. The van der Waals surface area contributed by atoms with Gasteiger partial charge in [0.1, 0.15) is 5.82 Å². The fourth-order valence-electron chi connectivity index (χ4n) is 3.88. The molecule has 1 aliphatic rings. The van der Waals surface area contributed by atoms with Crippen molar-refractivity contribution in [3.63, 3.8) is 0 Å². The first-order chi connectivity index (χ1) is 14.7. The highest BCUT2D eigenvalue weighted by Gasteiger charge is 2.31. The molecule has 0 spiro atoms. The number of aromatic nitrogens is 2. The highest BCUT2D eigenvalue weighted by molar-refractivity contribution is 9.10. The molecule has 2 aromatic carbocycles. The fraction of sp³-hybridized carbons (Fsp3) is 0.333. The second-order valence-corrected chi connectivity index (χ2v) is 11.3. The molecule has 0 amide bonds. The maximum absolute atomic E-state index is 12.9. The monoisotopic (exact) mass is 568 g/mol. The van der Waals surface area contributed by atoms with E-state index in [0.717, 1.165) is 8.95 Å². The third kappa shape index (κ3) is 4.36. The van der Waals surface area contributed by atoms with Gasteiger partial charge in [-0.05, 0) is 49.4 Å². The third-order valence-electron chi connectivity index (χ3n) is 5.72. The molecule has 10 heteroatoms. The van der Waals surface area contributed by atoms with Gasteiger partial charge in [0.2, 0.25) is 10.0 Å². The van der Waals surface area contributed by atoms with Crippen molar-refractivity contribution in [1.82, 2.24) is 18.8 Å². The van der Waals surface area contributed by atoms with Gasteiger partial charge in [0, 0.05) is 42.2 Å². The number of hydrogen-bond acceptors (Lipinski definition) is 5. The number of hydrogen-bond donors (Lipinski definition) is 0. The molecule has 1 fully saturated rings. The lowest BCUT2D eigenvalue weighted by Crippen LogP contribution is -2.49. The molecule has 7 nitrogen and oxygen atoms in total. The van der Waals surface area contributed by atoms with Gasteiger partial charge in [0.15, 0.2) is 0 Å². The molecule has 1 atom stereocenters. The van der Waals surface area contributed by atoms with Gasteiger partial charge in [-0.2, -0.15) is 4.31 Å². The van der Waals surface area contributed by atoms with E-state index in [9.17, 15) is 13.2 Å². The van der Waals surface area contributed by atoms with Crippen LogP contribution in [0.25, 0.3) is 10.9 Å². The maximum Gasteiger partial charge on any atom is 0.261 e. The summed E-state index contributed by atoms with van der Waals surface area (Å²) in [5.41, 5.74) is 0.564. The number of fused-ring (bicyclic) bond motifs is 1. The van der Waals surface area contributed by atoms with Crippen LogP contribution in [0.3, 0.4) is 0 Å². The summed E-state index contributed by atoms with van der Waals surface area (Å²) < 4.78 is 30.7. The quantitative estimate of drug-likeness (QED) is 0.480. The van der Waals surface area contributed by atoms with Crippen molar-refractivity contribution in [3.05, 3.63) is 67.6 Å². The molecule has 1 unspecified atom stereocenters. The summed E-state index contributed by atoms with van der Waals surface area (Å²) in [4.78, 5) is 20.0. The van der Waals surface area contributed by atoms with Gasteiger partial charge in [-0.3, -0.25) is 14.3 Å². The van der Waals surface area contributed by atoms with Crippen LogP contribution in [0.1, 0.15) is 18.8 Å². The predicted octanol–water partition coefficient (Wildman–Crippen LogP) is 3.53. The number of sulfonamides is 1. The van der Waals surface area contributed by atoms with Crippen molar-refractivity contribution in [2.75, 3.05) is 26.2 Å². The second kappa shape index (κ2) is 8.74. The van der Waals surface area contributed by atoms with E-state index in [1.807, 2.05) is 19.1 Å². The van der Waals surface area contributed by atoms with Crippen LogP contribution in [0, 0.1) is 0 Å². The summed E-state index contributed by atoms with van der Waals surface area (Å²) >= 11 is 6.74. The van der Waals surface area contributed by atoms with Crippen LogP contribution in [0.15, 0.2) is 61.1 Å². The van der Waals surface area contributed by atoms with Crippen LogP contribution in [-0.4, -0.2) is 53.4 Å². The molecule has 1 aliphatic heterocycles. The summed E-state index contributed by atoms with van der Waals surface area (Å²) in [6.45, 7) is 3.90. The van der Waals surface area contributed by atoms with Gasteiger partial charge < -0.3 is 0 Å². The average Bonchev–Trinajstić information content (AvgIpc) is 2.76. The van der Waals surface area contributed by atoms with Crippen molar-refractivity contribution < 1.29 is 8.42 Å². The van der Waals surface area contributed by atoms with E-state index in [2.05, 4.69) is 36.8 Å². The van der Waals surface area contributed by atoms with Crippen LogP contribution < -0.4 is 5.56 Å². The Morgan fingerprint density at radius 3 is 2.23 bits per heavy atom. The largest absolute Gasteiger partial charge is 0.298 e. The minimum Gasteiger partial charge on any atom is -0.298 e. The van der Waals surface area contributed by atoms with Gasteiger partial charge in [0.25, 0.3) is 5.56 Å². The Hall–Kier alpha value is -1.59. The zero-order chi connectivity index (χ0) is 22.3. The summed E-state index contributed by atoms with van der Waals surface area (Å²) in [5, 5.41) is 0.568. The van der Waals surface area contributed by atoms with E-state index in [1.165, 1.54) is 4.31 Å². The second-order valence-electron chi connectivity index (χ2n) is 7.57. The fourth-order valence-corrected chi connectivity index (χ4v) is 5.93. The van der Waals surface area contributed by atoms with Gasteiger partial charge in [-0.15, -0.1) is 0 Å². The van der Waals surface area contributed by atoms with Crippen LogP contribution in [0.5, 0.6) is 0 Å². The average molecular weight is 570 g/mol. The van der Waals surface area contributed by atoms with E-state index >= 15 is 0 Å². The van der Waals surface area contributed by atoms with E-state index < -0.39 is 10.0 Å². The van der Waals surface area contributed by atoms with Gasteiger partial charge in [0.05, 0.1) is 21.8 Å². The lowest BCUT2D eigenvalue weighted by molar-refractivity contribution is 0.139.